The van der Waals surface area contributed by atoms with E-state index in [2.05, 4.69) is 38.2 Å². The Balaban J connectivity index is 1.12. The highest BCUT2D eigenvalue weighted by Gasteiger charge is 2.50. The number of piperidine rings is 1. The third kappa shape index (κ3) is 4.64. The summed E-state index contributed by atoms with van der Waals surface area (Å²) >= 11 is 0. The predicted octanol–water partition coefficient (Wildman–Crippen LogP) is 3.85. The summed E-state index contributed by atoms with van der Waals surface area (Å²) in [5, 5.41) is 17.8. The molecule has 5 rings (SSSR count). The third-order valence-corrected chi connectivity index (χ3v) is 7.72. The van der Waals surface area contributed by atoms with E-state index in [9.17, 15) is 5.11 Å². The Morgan fingerprint density at radius 3 is 2.69 bits per heavy atom. The van der Waals surface area contributed by atoms with Crippen molar-refractivity contribution in [2.75, 3.05) is 37.7 Å². The summed E-state index contributed by atoms with van der Waals surface area (Å²) in [7, 11) is 0. The minimum absolute atomic E-state index is 0.441. The number of para-hydroxylation sites is 1. The van der Waals surface area contributed by atoms with E-state index in [1.165, 1.54) is 44.1 Å². The van der Waals surface area contributed by atoms with E-state index in [0.29, 0.717) is 36.4 Å². The van der Waals surface area contributed by atoms with Crippen molar-refractivity contribution in [3.8, 4) is 5.75 Å². The van der Waals surface area contributed by atoms with Crippen LogP contribution in [0.1, 0.15) is 63.9 Å². The van der Waals surface area contributed by atoms with Gasteiger partial charge in [-0.1, -0.05) is 23.3 Å². The molecule has 1 aromatic carbocycles. The Morgan fingerprint density at radius 2 is 1.97 bits per heavy atom. The summed E-state index contributed by atoms with van der Waals surface area (Å²) in [6.45, 7) is 8.64. The normalized spacial score (nSPS) is 24.1. The minimum Gasteiger partial charge on any atom is -0.493 e. The van der Waals surface area contributed by atoms with Gasteiger partial charge in [0.05, 0.1) is 12.2 Å². The Morgan fingerprint density at radius 1 is 1.19 bits per heavy atom. The number of aliphatic hydroxyl groups is 1. The third-order valence-electron chi connectivity index (χ3n) is 7.72. The van der Waals surface area contributed by atoms with Crippen LogP contribution in [-0.2, 0) is 0 Å². The SMILES string of the molecule is CC(C)(O)CCOc1ccccc1C1CCN([C@@H]2CCC3(C2)CN(c2nnco2)C3)CC1. The van der Waals surface area contributed by atoms with Crippen LogP contribution < -0.4 is 9.64 Å². The highest BCUT2D eigenvalue weighted by atomic mass is 16.5. The van der Waals surface area contributed by atoms with Gasteiger partial charge in [-0.2, -0.15) is 0 Å². The largest absolute Gasteiger partial charge is 0.493 e. The van der Waals surface area contributed by atoms with Crippen LogP contribution in [0.2, 0.25) is 0 Å². The van der Waals surface area contributed by atoms with Crippen LogP contribution in [0.4, 0.5) is 6.01 Å². The van der Waals surface area contributed by atoms with Crippen molar-refractivity contribution in [1.82, 2.24) is 15.1 Å². The van der Waals surface area contributed by atoms with Crippen molar-refractivity contribution in [1.29, 1.82) is 0 Å². The van der Waals surface area contributed by atoms with Gasteiger partial charge in [0.1, 0.15) is 5.75 Å². The number of nitrogens with zero attached hydrogens (tertiary/aromatic N) is 4. The van der Waals surface area contributed by atoms with Gasteiger partial charge in [0.25, 0.3) is 0 Å². The molecule has 1 spiro atoms. The molecule has 32 heavy (non-hydrogen) atoms. The zero-order chi connectivity index (χ0) is 22.2. The molecule has 2 aromatic rings. The molecule has 3 fully saturated rings. The number of benzene rings is 1. The van der Waals surface area contributed by atoms with Crippen LogP contribution in [-0.4, -0.2) is 64.6 Å². The number of likely N-dealkylation sites (tertiary alicyclic amines) is 1. The summed E-state index contributed by atoms with van der Waals surface area (Å²) in [4.78, 5) is 4.95. The van der Waals surface area contributed by atoms with Gasteiger partial charge < -0.3 is 24.1 Å². The van der Waals surface area contributed by atoms with Crippen molar-refractivity contribution in [2.45, 2.75) is 69.9 Å². The first-order valence-corrected chi connectivity index (χ1v) is 12.1. The van der Waals surface area contributed by atoms with E-state index in [1.807, 2.05) is 19.9 Å². The number of anilines is 1. The van der Waals surface area contributed by atoms with E-state index in [-0.39, 0.29) is 0 Å². The summed E-state index contributed by atoms with van der Waals surface area (Å²) in [5.74, 6) is 1.54. The fourth-order valence-electron chi connectivity index (χ4n) is 5.91. The van der Waals surface area contributed by atoms with E-state index < -0.39 is 5.60 Å². The van der Waals surface area contributed by atoms with Crippen molar-refractivity contribution in [3.05, 3.63) is 36.2 Å². The average molecular weight is 441 g/mol. The second kappa shape index (κ2) is 8.67. The highest BCUT2D eigenvalue weighted by molar-refractivity contribution is 5.37. The molecule has 1 atom stereocenters. The zero-order valence-corrected chi connectivity index (χ0v) is 19.4. The van der Waals surface area contributed by atoms with E-state index in [0.717, 1.165) is 31.9 Å². The Kier molecular flexibility index (Phi) is 5.88. The molecule has 1 aliphatic carbocycles. The maximum Gasteiger partial charge on any atom is 0.317 e. The lowest BCUT2D eigenvalue weighted by molar-refractivity contribution is 0.0550. The lowest BCUT2D eigenvalue weighted by Gasteiger charge is -2.48. The molecule has 3 heterocycles. The molecule has 2 aliphatic heterocycles. The topological polar surface area (TPSA) is 74.9 Å². The first-order chi connectivity index (χ1) is 15.4. The summed E-state index contributed by atoms with van der Waals surface area (Å²) in [6, 6.07) is 9.86. The van der Waals surface area contributed by atoms with Crippen LogP contribution in [0.5, 0.6) is 5.75 Å². The Hall–Kier alpha value is -2.12. The molecule has 1 aromatic heterocycles. The number of hydrogen-bond acceptors (Lipinski definition) is 7. The molecule has 174 valence electrons. The minimum atomic E-state index is -0.693. The second-order valence-corrected chi connectivity index (χ2v) is 10.7. The van der Waals surface area contributed by atoms with Gasteiger partial charge in [0.15, 0.2) is 0 Å². The number of ether oxygens (including phenoxy) is 1. The number of hydrogen-bond donors (Lipinski definition) is 1. The fraction of sp³-hybridized carbons (Fsp3) is 0.680. The molecular weight excluding hydrogens is 404 g/mol. The monoisotopic (exact) mass is 440 g/mol. The molecule has 1 N–H and O–H groups in total. The average Bonchev–Trinajstić information content (AvgIpc) is 3.43. The molecule has 0 unspecified atom stereocenters. The molecule has 0 bridgehead atoms. The van der Waals surface area contributed by atoms with E-state index in [4.69, 9.17) is 9.15 Å². The number of rotatable bonds is 7. The maximum atomic E-state index is 9.97. The van der Waals surface area contributed by atoms with Crippen molar-refractivity contribution in [2.24, 2.45) is 5.41 Å². The first kappa shape index (κ1) is 21.7. The molecular formula is C25H36N4O3. The van der Waals surface area contributed by atoms with Gasteiger partial charge in [-0.25, -0.2) is 0 Å². The molecule has 3 aliphatic rings. The second-order valence-electron chi connectivity index (χ2n) is 10.7. The van der Waals surface area contributed by atoms with Crippen molar-refractivity contribution in [3.63, 3.8) is 0 Å². The fourth-order valence-corrected chi connectivity index (χ4v) is 5.91. The molecule has 7 heteroatoms. The van der Waals surface area contributed by atoms with Gasteiger partial charge in [0.2, 0.25) is 6.39 Å². The van der Waals surface area contributed by atoms with Crippen molar-refractivity contribution < 1.29 is 14.3 Å². The van der Waals surface area contributed by atoms with Gasteiger partial charge >= 0.3 is 6.01 Å². The van der Waals surface area contributed by atoms with Crippen LogP contribution >= 0.6 is 0 Å². The quantitative estimate of drug-likeness (QED) is 0.701. The van der Waals surface area contributed by atoms with Crippen LogP contribution in [0.15, 0.2) is 35.1 Å². The van der Waals surface area contributed by atoms with E-state index in [1.54, 1.807) is 0 Å². The summed E-state index contributed by atoms with van der Waals surface area (Å²) < 4.78 is 11.4. The van der Waals surface area contributed by atoms with E-state index >= 15 is 0 Å². The molecule has 7 nitrogen and oxygen atoms in total. The van der Waals surface area contributed by atoms with Crippen LogP contribution in [0, 0.1) is 5.41 Å². The lowest BCUT2D eigenvalue weighted by Crippen LogP contribution is -2.56. The molecule has 0 radical (unpaired) electrons. The van der Waals surface area contributed by atoms with Crippen LogP contribution in [0.25, 0.3) is 0 Å². The summed E-state index contributed by atoms with van der Waals surface area (Å²) in [5.41, 5.74) is 1.08. The number of aromatic nitrogens is 2. The lowest BCUT2D eigenvalue weighted by atomic mass is 9.78. The smallest absolute Gasteiger partial charge is 0.317 e. The highest BCUT2D eigenvalue weighted by Crippen LogP contribution is 2.48. The summed E-state index contributed by atoms with van der Waals surface area (Å²) in [6.07, 6.45) is 8.32. The van der Waals surface area contributed by atoms with Gasteiger partial charge in [-0.15, -0.1) is 5.10 Å². The molecule has 2 saturated heterocycles. The van der Waals surface area contributed by atoms with Crippen molar-refractivity contribution >= 4 is 6.01 Å². The Bertz CT molecular complexity index is 881. The predicted molar refractivity (Wildman–Crippen MR) is 123 cm³/mol. The maximum absolute atomic E-state index is 9.97. The standard InChI is InChI=1S/C25H36N4O3/c1-24(2,30)11-14-31-22-6-4-3-5-21(22)19-8-12-28(13-9-19)20-7-10-25(15-20)16-29(17-25)23-27-26-18-32-23/h3-6,18-20,30H,7-17H2,1-2H3/t20-/m1/s1. The zero-order valence-electron chi connectivity index (χ0n) is 19.4. The van der Waals surface area contributed by atoms with Crippen LogP contribution in [0.3, 0.4) is 0 Å². The van der Waals surface area contributed by atoms with Gasteiger partial charge in [-0.3, -0.25) is 0 Å². The van der Waals surface area contributed by atoms with Gasteiger partial charge in [-0.05, 0) is 76.6 Å². The Labute approximate surface area is 190 Å². The first-order valence-electron chi connectivity index (χ1n) is 12.1. The van der Waals surface area contributed by atoms with Gasteiger partial charge in [0, 0.05) is 31.0 Å². The molecule has 1 saturated carbocycles. The molecule has 0 amide bonds.